The third kappa shape index (κ3) is 5.34. The standard InChI is InChI=1S/C22H24F2N4O/c1-3-10-27(12-18-6-4-17(2)5-7-18)13-22(29,14-28-16-25-15-26-28)20-9-8-19(23)11-21(20)24/h3-9,11,15-16,29H,1,10,12-14H2,2H3/t22-/m0/s1. The molecule has 0 unspecified atom stereocenters. The number of nitrogens with zero attached hydrogens (tertiary/aromatic N) is 4. The van der Waals surface area contributed by atoms with Crippen LogP contribution in [-0.4, -0.2) is 37.9 Å². The van der Waals surface area contributed by atoms with Crippen molar-refractivity contribution in [1.29, 1.82) is 0 Å². The maximum Gasteiger partial charge on any atom is 0.137 e. The lowest BCUT2D eigenvalue weighted by molar-refractivity contribution is -0.0210. The van der Waals surface area contributed by atoms with Crippen LogP contribution in [0.2, 0.25) is 0 Å². The van der Waals surface area contributed by atoms with E-state index in [0.29, 0.717) is 13.1 Å². The number of halogens is 2. The van der Waals surface area contributed by atoms with E-state index < -0.39 is 17.2 Å². The van der Waals surface area contributed by atoms with Crippen molar-refractivity contribution in [3.63, 3.8) is 0 Å². The van der Waals surface area contributed by atoms with Crippen LogP contribution in [0.5, 0.6) is 0 Å². The fourth-order valence-corrected chi connectivity index (χ4v) is 3.36. The Hall–Kier alpha value is -2.90. The van der Waals surface area contributed by atoms with Gasteiger partial charge in [0.05, 0.1) is 6.54 Å². The van der Waals surface area contributed by atoms with Gasteiger partial charge in [-0.05, 0) is 18.6 Å². The number of benzene rings is 2. The smallest absolute Gasteiger partial charge is 0.137 e. The number of aryl methyl sites for hydroxylation is 1. The Morgan fingerprint density at radius 1 is 1.21 bits per heavy atom. The molecule has 0 bridgehead atoms. The van der Waals surface area contributed by atoms with Crippen LogP contribution in [0, 0.1) is 18.6 Å². The summed E-state index contributed by atoms with van der Waals surface area (Å²) in [4.78, 5) is 5.84. The summed E-state index contributed by atoms with van der Waals surface area (Å²) < 4.78 is 29.5. The largest absolute Gasteiger partial charge is 0.382 e. The van der Waals surface area contributed by atoms with Gasteiger partial charge in [-0.3, -0.25) is 4.90 Å². The monoisotopic (exact) mass is 398 g/mol. The molecule has 1 N–H and O–H groups in total. The normalized spacial score (nSPS) is 13.4. The van der Waals surface area contributed by atoms with Crippen LogP contribution >= 0.6 is 0 Å². The van der Waals surface area contributed by atoms with Crippen molar-refractivity contribution in [3.8, 4) is 0 Å². The average molecular weight is 398 g/mol. The van der Waals surface area contributed by atoms with Gasteiger partial charge in [0.25, 0.3) is 0 Å². The number of hydrogen-bond acceptors (Lipinski definition) is 4. The minimum Gasteiger partial charge on any atom is -0.382 e. The molecule has 0 saturated heterocycles. The van der Waals surface area contributed by atoms with E-state index in [4.69, 9.17) is 0 Å². The minimum absolute atomic E-state index is 0.00682. The molecule has 5 nitrogen and oxygen atoms in total. The van der Waals surface area contributed by atoms with E-state index in [1.54, 1.807) is 6.08 Å². The Morgan fingerprint density at radius 2 is 1.97 bits per heavy atom. The van der Waals surface area contributed by atoms with Crippen molar-refractivity contribution >= 4 is 0 Å². The van der Waals surface area contributed by atoms with Crippen molar-refractivity contribution < 1.29 is 13.9 Å². The van der Waals surface area contributed by atoms with E-state index in [9.17, 15) is 13.9 Å². The molecule has 0 amide bonds. The predicted octanol–water partition coefficient (Wildman–Crippen LogP) is 3.44. The second-order valence-corrected chi connectivity index (χ2v) is 7.19. The molecule has 7 heteroatoms. The van der Waals surface area contributed by atoms with Crippen molar-refractivity contribution in [1.82, 2.24) is 19.7 Å². The van der Waals surface area contributed by atoms with E-state index >= 15 is 0 Å². The van der Waals surface area contributed by atoms with Gasteiger partial charge in [0.2, 0.25) is 0 Å². The van der Waals surface area contributed by atoms with Crippen LogP contribution in [0.3, 0.4) is 0 Å². The molecular weight excluding hydrogens is 374 g/mol. The van der Waals surface area contributed by atoms with E-state index in [-0.39, 0.29) is 18.7 Å². The topological polar surface area (TPSA) is 54.2 Å². The summed E-state index contributed by atoms with van der Waals surface area (Å²) >= 11 is 0. The lowest BCUT2D eigenvalue weighted by atomic mass is 9.92. The second-order valence-electron chi connectivity index (χ2n) is 7.19. The Bertz CT molecular complexity index is 944. The number of rotatable bonds is 9. The highest BCUT2D eigenvalue weighted by molar-refractivity contribution is 5.26. The maximum absolute atomic E-state index is 14.6. The van der Waals surface area contributed by atoms with E-state index in [1.165, 1.54) is 23.4 Å². The quantitative estimate of drug-likeness (QED) is 0.561. The molecule has 1 heterocycles. The molecule has 0 spiro atoms. The van der Waals surface area contributed by atoms with Gasteiger partial charge in [0.1, 0.15) is 29.9 Å². The van der Waals surface area contributed by atoms with Crippen LogP contribution in [0.1, 0.15) is 16.7 Å². The van der Waals surface area contributed by atoms with Gasteiger partial charge in [-0.15, -0.1) is 6.58 Å². The zero-order chi connectivity index (χ0) is 20.9. The average Bonchev–Trinajstić information content (AvgIpc) is 3.16. The van der Waals surface area contributed by atoms with Crippen molar-refractivity contribution in [2.45, 2.75) is 25.6 Å². The summed E-state index contributed by atoms with van der Waals surface area (Å²) in [5.74, 6) is -1.50. The molecule has 0 aliphatic heterocycles. The third-order valence-corrected chi connectivity index (χ3v) is 4.72. The van der Waals surface area contributed by atoms with Crippen molar-refractivity contribution in [3.05, 3.63) is 96.1 Å². The molecule has 1 atom stereocenters. The number of aliphatic hydroxyl groups is 1. The molecule has 152 valence electrons. The Morgan fingerprint density at radius 3 is 2.59 bits per heavy atom. The van der Waals surface area contributed by atoms with E-state index in [0.717, 1.165) is 23.3 Å². The highest BCUT2D eigenvalue weighted by atomic mass is 19.1. The zero-order valence-electron chi connectivity index (χ0n) is 16.3. The third-order valence-electron chi connectivity index (χ3n) is 4.72. The Balaban J connectivity index is 1.92. The predicted molar refractivity (Wildman–Crippen MR) is 107 cm³/mol. The fourth-order valence-electron chi connectivity index (χ4n) is 3.36. The van der Waals surface area contributed by atoms with Gasteiger partial charge in [-0.2, -0.15) is 5.10 Å². The number of hydrogen-bond donors (Lipinski definition) is 1. The summed E-state index contributed by atoms with van der Waals surface area (Å²) in [6, 6.07) is 11.3. The lowest BCUT2D eigenvalue weighted by Gasteiger charge is -2.34. The first kappa shape index (κ1) is 20.8. The van der Waals surface area contributed by atoms with Crippen molar-refractivity contribution in [2.75, 3.05) is 13.1 Å². The highest BCUT2D eigenvalue weighted by Crippen LogP contribution is 2.28. The summed E-state index contributed by atoms with van der Waals surface area (Å²) in [6.07, 6.45) is 4.52. The first-order valence-corrected chi connectivity index (χ1v) is 9.29. The summed E-state index contributed by atoms with van der Waals surface area (Å²) in [5.41, 5.74) is 0.562. The van der Waals surface area contributed by atoms with Crippen LogP contribution in [0.4, 0.5) is 8.78 Å². The molecule has 0 aliphatic rings. The SMILES string of the molecule is C=CCN(Cc1ccc(C)cc1)C[C@](O)(Cn1cncn1)c1ccc(F)cc1F. The van der Waals surface area contributed by atoms with E-state index in [2.05, 4.69) is 16.7 Å². The van der Waals surface area contributed by atoms with Gasteiger partial charge in [-0.1, -0.05) is 42.0 Å². The van der Waals surface area contributed by atoms with Crippen molar-refractivity contribution in [2.24, 2.45) is 0 Å². The Labute approximate surface area is 168 Å². The first-order chi connectivity index (χ1) is 13.9. The van der Waals surface area contributed by atoms with Crippen LogP contribution in [0.15, 0.2) is 67.8 Å². The van der Waals surface area contributed by atoms with Gasteiger partial charge >= 0.3 is 0 Å². The number of aromatic nitrogens is 3. The zero-order valence-corrected chi connectivity index (χ0v) is 16.3. The molecule has 0 radical (unpaired) electrons. The first-order valence-electron chi connectivity index (χ1n) is 9.29. The maximum atomic E-state index is 14.6. The molecule has 0 fully saturated rings. The molecule has 0 aliphatic carbocycles. The summed E-state index contributed by atoms with van der Waals surface area (Å²) in [5, 5.41) is 15.5. The molecule has 3 rings (SSSR count). The van der Waals surface area contributed by atoms with Gasteiger partial charge in [-0.25, -0.2) is 18.4 Å². The molecular formula is C22H24F2N4O. The lowest BCUT2D eigenvalue weighted by Crippen LogP contribution is -2.44. The molecule has 3 aromatic rings. The van der Waals surface area contributed by atoms with Gasteiger partial charge in [0.15, 0.2) is 0 Å². The molecule has 2 aromatic carbocycles. The fraction of sp³-hybridized carbons (Fsp3) is 0.273. The van der Waals surface area contributed by atoms with Gasteiger partial charge < -0.3 is 5.11 Å². The molecule has 1 aromatic heterocycles. The molecule has 29 heavy (non-hydrogen) atoms. The van der Waals surface area contributed by atoms with Gasteiger partial charge in [0, 0.05) is 31.3 Å². The molecule has 0 saturated carbocycles. The highest BCUT2D eigenvalue weighted by Gasteiger charge is 2.35. The second kappa shape index (κ2) is 9.07. The van der Waals surface area contributed by atoms with Crippen LogP contribution < -0.4 is 0 Å². The Kier molecular flexibility index (Phi) is 6.51. The van der Waals surface area contributed by atoms with Crippen LogP contribution in [-0.2, 0) is 18.7 Å². The van der Waals surface area contributed by atoms with Crippen LogP contribution in [0.25, 0.3) is 0 Å². The van der Waals surface area contributed by atoms with E-state index in [1.807, 2.05) is 36.1 Å². The summed E-state index contributed by atoms with van der Waals surface area (Å²) in [7, 11) is 0. The minimum atomic E-state index is -1.65. The summed E-state index contributed by atoms with van der Waals surface area (Å²) in [6.45, 7) is 6.88.